The molecule has 1 saturated heterocycles. The highest BCUT2D eigenvalue weighted by atomic mass is 35.5. The van der Waals surface area contributed by atoms with Crippen molar-refractivity contribution in [2.75, 3.05) is 11.9 Å². The van der Waals surface area contributed by atoms with Crippen molar-refractivity contribution in [2.24, 2.45) is 0 Å². The van der Waals surface area contributed by atoms with Crippen LogP contribution in [0.25, 0.3) is 6.08 Å². The highest BCUT2D eigenvalue weighted by molar-refractivity contribution is 8.26. The molecule has 2 aromatic rings. The lowest BCUT2D eigenvalue weighted by Crippen LogP contribution is -2.29. The van der Waals surface area contributed by atoms with Gasteiger partial charge in [-0.25, -0.2) is 0 Å². The molecular weight excluding hydrogens is 424 g/mol. The van der Waals surface area contributed by atoms with Crippen LogP contribution >= 0.6 is 35.6 Å². The molecule has 0 aromatic heterocycles. The quantitative estimate of drug-likeness (QED) is 0.320. The predicted octanol–water partition coefficient (Wildman–Crippen LogP) is 5.74. The van der Waals surface area contributed by atoms with Gasteiger partial charge in [-0.2, -0.15) is 0 Å². The van der Waals surface area contributed by atoms with Crippen LogP contribution in [0.1, 0.15) is 31.2 Å². The maximum absolute atomic E-state index is 12.6. The number of hydrogen-bond acceptors (Lipinski definition) is 4. The van der Waals surface area contributed by atoms with Crippen LogP contribution < -0.4 is 5.32 Å². The van der Waals surface area contributed by atoms with Gasteiger partial charge in [0.15, 0.2) is 0 Å². The molecule has 0 unspecified atom stereocenters. The standard InChI is InChI=1S/C22H21ClN2O2S2/c23-17-12-10-16(11-13-17)15-19-21(27)25(22(28)29-19)14-6-2-5-9-20(26)24-18-7-3-1-4-8-18/h1,3-4,7-8,10-13,15H,2,5-6,9,14H2,(H,24,26)/b19-15-. The second-order valence-electron chi connectivity index (χ2n) is 6.61. The third kappa shape index (κ3) is 6.42. The SMILES string of the molecule is O=C(CCCCCN1C(=O)/C(=C/c2ccc(Cl)cc2)SC1=S)Nc1ccccc1. The summed E-state index contributed by atoms with van der Waals surface area (Å²) in [5, 5.41) is 3.54. The summed E-state index contributed by atoms with van der Waals surface area (Å²) in [4.78, 5) is 26.8. The van der Waals surface area contributed by atoms with Crippen molar-refractivity contribution >= 4 is 63.5 Å². The Balaban J connectivity index is 1.41. The fourth-order valence-corrected chi connectivity index (χ4v) is 4.31. The highest BCUT2D eigenvalue weighted by Crippen LogP contribution is 2.33. The van der Waals surface area contributed by atoms with Gasteiger partial charge in [-0.1, -0.05) is 72.3 Å². The molecule has 0 saturated carbocycles. The number of amides is 2. The average molecular weight is 445 g/mol. The van der Waals surface area contributed by atoms with Crippen LogP contribution in [-0.2, 0) is 9.59 Å². The zero-order valence-corrected chi connectivity index (χ0v) is 18.2. The molecule has 4 nitrogen and oxygen atoms in total. The minimum absolute atomic E-state index is 0.00714. The molecule has 1 aliphatic rings. The molecule has 0 spiro atoms. The van der Waals surface area contributed by atoms with Gasteiger partial charge in [0.2, 0.25) is 5.91 Å². The Bertz CT molecular complexity index is 914. The minimum atomic E-state index is -0.0585. The van der Waals surface area contributed by atoms with E-state index in [1.54, 1.807) is 17.0 Å². The monoisotopic (exact) mass is 444 g/mol. The Hall–Kier alpha value is -2.15. The first-order valence-electron chi connectivity index (χ1n) is 9.39. The molecule has 1 aliphatic heterocycles. The van der Waals surface area contributed by atoms with Gasteiger partial charge in [0, 0.05) is 23.7 Å². The molecule has 0 bridgehead atoms. The van der Waals surface area contributed by atoms with Crippen molar-refractivity contribution in [3.05, 3.63) is 70.1 Å². The number of thioether (sulfide) groups is 1. The van der Waals surface area contributed by atoms with E-state index in [1.807, 2.05) is 48.5 Å². The van der Waals surface area contributed by atoms with E-state index in [4.69, 9.17) is 23.8 Å². The van der Waals surface area contributed by atoms with E-state index in [0.29, 0.717) is 27.2 Å². The number of anilines is 1. The van der Waals surface area contributed by atoms with Crippen molar-refractivity contribution in [1.29, 1.82) is 0 Å². The second kappa shape index (κ2) is 10.6. The lowest BCUT2D eigenvalue weighted by Gasteiger charge is -2.14. The summed E-state index contributed by atoms with van der Waals surface area (Å²) in [6, 6.07) is 16.7. The van der Waals surface area contributed by atoms with Crippen LogP contribution in [0.3, 0.4) is 0 Å². The van der Waals surface area contributed by atoms with E-state index >= 15 is 0 Å². The van der Waals surface area contributed by atoms with Crippen LogP contribution in [0.15, 0.2) is 59.5 Å². The third-order valence-electron chi connectivity index (χ3n) is 4.38. The van der Waals surface area contributed by atoms with Crippen molar-refractivity contribution < 1.29 is 9.59 Å². The van der Waals surface area contributed by atoms with Crippen molar-refractivity contribution in [3.8, 4) is 0 Å². The number of nitrogens with zero attached hydrogens (tertiary/aromatic N) is 1. The van der Waals surface area contributed by atoms with E-state index in [1.165, 1.54) is 11.8 Å². The number of benzene rings is 2. The number of halogens is 1. The van der Waals surface area contributed by atoms with Crippen LogP contribution in [-0.4, -0.2) is 27.6 Å². The molecule has 0 atom stereocenters. The molecule has 7 heteroatoms. The van der Waals surface area contributed by atoms with Crippen molar-refractivity contribution in [1.82, 2.24) is 4.90 Å². The lowest BCUT2D eigenvalue weighted by atomic mass is 10.1. The minimum Gasteiger partial charge on any atom is -0.326 e. The number of carbonyl (C=O) groups excluding carboxylic acids is 2. The Morgan fingerprint density at radius 1 is 1.07 bits per heavy atom. The van der Waals surface area contributed by atoms with E-state index in [0.717, 1.165) is 30.5 Å². The maximum atomic E-state index is 12.6. The van der Waals surface area contributed by atoms with Crippen LogP contribution in [0.2, 0.25) is 5.02 Å². The molecule has 1 fully saturated rings. The third-order valence-corrected chi connectivity index (χ3v) is 6.01. The highest BCUT2D eigenvalue weighted by Gasteiger charge is 2.31. The topological polar surface area (TPSA) is 49.4 Å². The number of thiocarbonyl (C=S) groups is 1. The molecule has 1 heterocycles. The first-order valence-corrected chi connectivity index (χ1v) is 11.0. The molecule has 3 rings (SSSR count). The number of nitrogens with one attached hydrogen (secondary N) is 1. The number of rotatable bonds is 8. The van der Waals surface area contributed by atoms with Gasteiger partial charge in [-0.3, -0.25) is 14.5 Å². The predicted molar refractivity (Wildman–Crippen MR) is 125 cm³/mol. The van der Waals surface area contributed by atoms with Gasteiger partial charge in [-0.15, -0.1) is 0 Å². The summed E-state index contributed by atoms with van der Waals surface area (Å²) in [5.74, 6) is -0.0514. The summed E-state index contributed by atoms with van der Waals surface area (Å²) in [7, 11) is 0. The Labute approximate surface area is 185 Å². The van der Waals surface area contributed by atoms with Crippen LogP contribution in [0.4, 0.5) is 5.69 Å². The summed E-state index contributed by atoms with van der Waals surface area (Å²) in [6.07, 6.45) is 4.73. The first kappa shape index (κ1) is 21.6. The number of carbonyl (C=O) groups is 2. The van der Waals surface area contributed by atoms with Gasteiger partial charge in [0.25, 0.3) is 5.91 Å². The normalized spacial score (nSPS) is 15.2. The van der Waals surface area contributed by atoms with Crippen molar-refractivity contribution in [2.45, 2.75) is 25.7 Å². The number of hydrogen-bond donors (Lipinski definition) is 1. The van der Waals surface area contributed by atoms with Gasteiger partial charge in [0.1, 0.15) is 4.32 Å². The smallest absolute Gasteiger partial charge is 0.266 e. The summed E-state index contributed by atoms with van der Waals surface area (Å²) >= 11 is 12.6. The zero-order chi connectivity index (χ0) is 20.6. The molecule has 150 valence electrons. The Kier molecular flexibility index (Phi) is 7.86. The van der Waals surface area contributed by atoms with Gasteiger partial charge in [0.05, 0.1) is 4.91 Å². The van der Waals surface area contributed by atoms with Crippen molar-refractivity contribution in [3.63, 3.8) is 0 Å². The molecule has 1 N–H and O–H groups in total. The van der Waals surface area contributed by atoms with E-state index in [-0.39, 0.29) is 11.8 Å². The van der Waals surface area contributed by atoms with E-state index in [9.17, 15) is 9.59 Å². The fraction of sp³-hybridized carbons (Fsp3) is 0.227. The van der Waals surface area contributed by atoms with Crippen LogP contribution in [0.5, 0.6) is 0 Å². The summed E-state index contributed by atoms with van der Waals surface area (Å²) in [5.41, 5.74) is 1.72. The molecule has 0 aliphatic carbocycles. The number of para-hydroxylation sites is 1. The molecular formula is C22H21ClN2O2S2. The summed E-state index contributed by atoms with van der Waals surface area (Å²) < 4.78 is 0.581. The molecule has 0 radical (unpaired) electrons. The maximum Gasteiger partial charge on any atom is 0.266 e. The van der Waals surface area contributed by atoms with Gasteiger partial charge < -0.3 is 5.32 Å². The van der Waals surface area contributed by atoms with E-state index in [2.05, 4.69) is 5.32 Å². The Morgan fingerprint density at radius 3 is 2.52 bits per heavy atom. The molecule has 2 aromatic carbocycles. The number of unbranched alkanes of at least 4 members (excludes halogenated alkanes) is 2. The lowest BCUT2D eigenvalue weighted by molar-refractivity contribution is -0.122. The molecule has 29 heavy (non-hydrogen) atoms. The summed E-state index contributed by atoms with van der Waals surface area (Å²) in [6.45, 7) is 0.572. The van der Waals surface area contributed by atoms with Gasteiger partial charge in [-0.05, 0) is 48.7 Å². The molecule has 2 amide bonds. The van der Waals surface area contributed by atoms with Crippen LogP contribution in [0, 0.1) is 0 Å². The first-order chi connectivity index (χ1) is 14.0. The average Bonchev–Trinajstić information content (AvgIpc) is 2.97. The second-order valence-corrected chi connectivity index (χ2v) is 8.72. The van der Waals surface area contributed by atoms with Gasteiger partial charge >= 0.3 is 0 Å². The van der Waals surface area contributed by atoms with E-state index < -0.39 is 0 Å². The largest absolute Gasteiger partial charge is 0.326 e. The fourth-order valence-electron chi connectivity index (χ4n) is 2.88. The zero-order valence-electron chi connectivity index (χ0n) is 15.8. The Morgan fingerprint density at radius 2 is 1.79 bits per heavy atom.